The van der Waals surface area contributed by atoms with Gasteiger partial charge in [0.05, 0.1) is 12.6 Å². The summed E-state index contributed by atoms with van der Waals surface area (Å²) in [6.07, 6.45) is 0.0810. The molecular weight excluding hydrogens is 310 g/mol. The second-order valence-electron chi connectivity index (χ2n) is 6.11. The fourth-order valence-electron chi connectivity index (χ4n) is 3.15. The smallest absolute Gasteiger partial charge is 0.325 e. The van der Waals surface area contributed by atoms with Gasteiger partial charge in [-0.1, -0.05) is 12.1 Å². The van der Waals surface area contributed by atoms with Crippen LogP contribution in [0.4, 0.5) is 10.8 Å². The summed E-state index contributed by atoms with van der Waals surface area (Å²) in [5.74, 6) is -0.148. The Bertz CT molecular complexity index is 730. The van der Waals surface area contributed by atoms with Gasteiger partial charge < -0.3 is 14.6 Å². The van der Waals surface area contributed by atoms with E-state index in [1.165, 1.54) is 7.05 Å². The highest BCUT2D eigenvalue weighted by Gasteiger charge is 2.34. The molecule has 3 heterocycles. The van der Waals surface area contributed by atoms with Crippen LogP contribution in [-0.2, 0) is 4.79 Å². The van der Waals surface area contributed by atoms with E-state index < -0.39 is 0 Å². The van der Waals surface area contributed by atoms with Crippen molar-refractivity contribution in [2.24, 2.45) is 0 Å². The van der Waals surface area contributed by atoms with Crippen LogP contribution in [0.2, 0.25) is 0 Å². The Labute approximate surface area is 139 Å². The average molecular weight is 329 g/mol. The van der Waals surface area contributed by atoms with Crippen LogP contribution in [0, 0.1) is 0 Å². The van der Waals surface area contributed by atoms with E-state index in [9.17, 15) is 9.59 Å². The van der Waals surface area contributed by atoms with E-state index in [-0.39, 0.29) is 18.1 Å². The number of piperazine rings is 1. The van der Waals surface area contributed by atoms with Crippen molar-refractivity contribution in [3.8, 4) is 0 Å². The van der Waals surface area contributed by atoms with E-state index in [4.69, 9.17) is 4.42 Å². The molecule has 0 radical (unpaired) electrons. The van der Waals surface area contributed by atoms with E-state index in [0.717, 1.165) is 42.2 Å². The lowest BCUT2D eigenvalue weighted by Gasteiger charge is -2.41. The summed E-state index contributed by atoms with van der Waals surface area (Å²) >= 11 is 0. The minimum atomic E-state index is -0.336. The highest BCUT2D eigenvalue weighted by Crippen LogP contribution is 2.23. The summed E-state index contributed by atoms with van der Waals surface area (Å²) in [4.78, 5) is 33.5. The predicted octanol–water partition coefficient (Wildman–Crippen LogP) is 0.848. The molecule has 24 heavy (non-hydrogen) atoms. The van der Waals surface area contributed by atoms with Crippen molar-refractivity contribution in [3.05, 3.63) is 24.3 Å². The first kappa shape index (κ1) is 14.9. The number of benzene rings is 1. The monoisotopic (exact) mass is 329 g/mol. The fourth-order valence-corrected chi connectivity index (χ4v) is 3.15. The minimum Gasteiger partial charge on any atom is -0.423 e. The van der Waals surface area contributed by atoms with Crippen LogP contribution in [0.15, 0.2) is 28.7 Å². The van der Waals surface area contributed by atoms with Gasteiger partial charge in [-0.05, 0) is 12.1 Å². The normalized spacial score (nSPS) is 23.0. The molecule has 4 rings (SSSR count). The number of aromatic nitrogens is 1. The Kier molecular flexibility index (Phi) is 3.61. The number of hydrogen-bond acceptors (Lipinski definition) is 6. The Morgan fingerprint density at radius 1 is 1.17 bits per heavy atom. The van der Waals surface area contributed by atoms with Crippen LogP contribution in [-0.4, -0.2) is 66.1 Å². The van der Waals surface area contributed by atoms with Gasteiger partial charge in [-0.15, -0.1) is 0 Å². The maximum atomic E-state index is 11.8. The van der Waals surface area contributed by atoms with Gasteiger partial charge in [0.1, 0.15) is 5.52 Å². The summed E-state index contributed by atoms with van der Waals surface area (Å²) in [5, 5.41) is 2.88. The van der Waals surface area contributed by atoms with Crippen molar-refractivity contribution >= 4 is 29.1 Å². The summed E-state index contributed by atoms with van der Waals surface area (Å²) in [6.45, 7) is 2.95. The van der Waals surface area contributed by atoms with Crippen molar-refractivity contribution in [2.45, 2.75) is 12.6 Å². The number of nitrogens with zero attached hydrogens (tertiary/aromatic N) is 4. The molecule has 0 aliphatic carbocycles. The van der Waals surface area contributed by atoms with E-state index in [1.54, 1.807) is 0 Å². The van der Waals surface area contributed by atoms with Crippen molar-refractivity contribution in [3.63, 3.8) is 0 Å². The number of rotatable bonds is 2. The van der Waals surface area contributed by atoms with Gasteiger partial charge in [-0.3, -0.25) is 14.6 Å². The summed E-state index contributed by atoms with van der Waals surface area (Å²) in [7, 11) is 1.50. The van der Waals surface area contributed by atoms with Gasteiger partial charge >= 0.3 is 6.03 Å². The lowest BCUT2D eigenvalue weighted by atomic mass is 10.2. The highest BCUT2D eigenvalue weighted by atomic mass is 16.4. The van der Waals surface area contributed by atoms with Crippen molar-refractivity contribution in [1.29, 1.82) is 0 Å². The number of urea groups is 1. The van der Waals surface area contributed by atoms with Crippen molar-refractivity contribution < 1.29 is 14.0 Å². The second kappa shape index (κ2) is 5.79. The van der Waals surface area contributed by atoms with Gasteiger partial charge in [0.2, 0.25) is 5.91 Å². The third-order valence-electron chi connectivity index (χ3n) is 4.64. The number of carbonyl (C=O) groups is 2. The van der Waals surface area contributed by atoms with Gasteiger partial charge in [0.15, 0.2) is 5.58 Å². The molecule has 1 aromatic heterocycles. The number of amides is 3. The van der Waals surface area contributed by atoms with Gasteiger partial charge in [0.25, 0.3) is 6.01 Å². The molecule has 2 fully saturated rings. The quantitative estimate of drug-likeness (QED) is 0.879. The van der Waals surface area contributed by atoms with E-state index >= 15 is 0 Å². The first-order valence-electron chi connectivity index (χ1n) is 8.03. The fraction of sp³-hybridized carbons (Fsp3) is 0.438. The molecule has 2 saturated heterocycles. The molecule has 8 heteroatoms. The SMILES string of the molecule is CN1C(=O)CC(N2CCN(c3nc4ccccc4o3)CC2)NC1=O. The molecule has 1 unspecified atom stereocenters. The Morgan fingerprint density at radius 2 is 1.92 bits per heavy atom. The number of fused-ring (bicyclic) bond motifs is 1. The number of hydrogen-bond donors (Lipinski definition) is 1. The summed E-state index contributed by atoms with van der Waals surface area (Å²) in [6, 6.07) is 7.98. The van der Waals surface area contributed by atoms with Crippen LogP contribution in [0.1, 0.15) is 6.42 Å². The topological polar surface area (TPSA) is 81.9 Å². The number of anilines is 1. The largest absolute Gasteiger partial charge is 0.423 e. The van der Waals surface area contributed by atoms with E-state index in [1.807, 2.05) is 24.3 Å². The zero-order chi connectivity index (χ0) is 16.7. The summed E-state index contributed by atoms with van der Waals surface area (Å²) in [5.41, 5.74) is 1.63. The first-order valence-corrected chi connectivity index (χ1v) is 8.03. The molecule has 1 aromatic carbocycles. The zero-order valence-electron chi connectivity index (χ0n) is 13.4. The molecule has 0 saturated carbocycles. The van der Waals surface area contributed by atoms with E-state index in [0.29, 0.717) is 12.4 Å². The second-order valence-corrected chi connectivity index (χ2v) is 6.11. The molecule has 2 aromatic rings. The maximum absolute atomic E-state index is 11.8. The van der Waals surface area contributed by atoms with Gasteiger partial charge in [0, 0.05) is 33.2 Å². The van der Waals surface area contributed by atoms with Crippen LogP contribution in [0.3, 0.4) is 0 Å². The zero-order valence-corrected chi connectivity index (χ0v) is 13.4. The third kappa shape index (κ3) is 2.58. The third-order valence-corrected chi connectivity index (χ3v) is 4.64. The Hall–Kier alpha value is -2.61. The van der Waals surface area contributed by atoms with Crippen molar-refractivity contribution in [2.75, 3.05) is 38.1 Å². The van der Waals surface area contributed by atoms with Crippen molar-refractivity contribution in [1.82, 2.24) is 20.1 Å². The molecule has 3 amide bonds. The average Bonchev–Trinajstić information content (AvgIpc) is 3.03. The molecule has 1 N–H and O–H groups in total. The number of para-hydroxylation sites is 2. The molecule has 1 atom stereocenters. The summed E-state index contributed by atoms with van der Waals surface area (Å²) < 4.78 is 5.80. The van der Waals surface area contributed by atoms with Crippen LogP contribution in [0.5, 0.6) is 0 Å². The standard InChI is InChI=1S/C16H19N5O3/c1-19-14(22)10-13(18-15(19)23)20-6-8-21(9-7-20)16-17-11-4-2-3-5-12(11)24-16/h2-5,13H,6-10H2,1H3,(H,18,23). The highest BCUT2D eigenvalue weighted by molar-refractivity contribution is 5.96. The Balaban J connectivity index is 1.41. The number of oxazole rings is 1. The van der Waals surface area contributed by atoms with Crippen LogP contribution >= 0.6 is 0 Å². The molecule has 126 valence electrons. The lowest BCUT2D eigenvalue weighted by Crippen LogP contribution is -2.62. The minimum absolute atomic E-state index is 0.148. The van der Waals surface area contributed by atoms with E-state index in [2.05, 4.69) is 20.1 Å². The maximum Gasteiger partial charge on any atom is 0.325 e. The van der Waals surface area contributed by atoms with Gasteiger partial charge in [-0.2, -0.15) is 4.98 Å². The molecule has 8 nitrogen and oxygen atoms in total. The van der Waals surface area contributed by atoms with Crippen LogP contribution < -0.4 is 10.2 Å². The lowest BCUT2D eigenvalue weighted by molar-refractivity contribution is -0.130. The molecule has 2 aliphatic rings. The predicted molar refractivity (Wildman–Crippen MR) is 87.5 cm³/mol. The Morgan fingerprint density at radius 3 is 2.62 bits per heavy atom. The number of imide groups is 1. The molecule has 2 aliphatic heterocycles. The van der Waals surface area contributed by atoms with Crippen LogP contribution in [0.25, 0.3) is 11.1 Å². The number of nitrogens with one attached hydrogen (secondary N) is 1. The molecule has 0 bridgehead atoms. The molecule has 0 spiro atoms. The first-order chi connectivity index (χ1) is 11.6. The number of carbonyl (C=O) groups excluding carboxylic acids is 2. The molecular formula is C16H19N5O3. The van der Waals surface area contributed by atoms with Gasteiger partial charge in [-0.25, -0.2) is 4.79 Å².